The molecule has 3 heterocycles. The summed E-state index contributed by atoms with van der Waals surface area (Å²) in [5.74, 6) is 1.51. The monoisotopic (exact) mass is 302 g/mol. The number of thiophene rings is 1. The molecule has 5 heteroatoms. The van der Waals surface area contributed by atoms with Gasteiger partial charge in [0, 0.05) is 42.2 Å². The quantitative estimate of drug-likeness (QED) is 0.916. The molecule has 4 rings (SSSR count). The molecule has 2 aromatic rings. The summed E-state index contributed by atoms with van der Waals surface area (Å²) >= 11 is 1.73. The lowest BCUT2D eigenvalue weighted by atomic mass is 9.78. The summed E-state index contributed by atoms with van der Waals surface area (Å²) in [4.78, 5) is 2.57. The molecule has 1 aliphatic heterocycles. The molecule has 4 nitrogen and oxygen atoms in total. The van der Waals surface area contributed by atoms with Gasteiger partial charge >= 0.3 is 0 Å². The second-order valence-corrected chi connectivity index (χ2v) is 7.28. The van der Waals surface area contributed by atoms with Gasteiger partial charge in [-0.25, -0.2) is 0 Å². The molecule has 0 aromatic carbocycles. The highest BCUT2D eigenvalue weighted by atomic mass is 32.1. The lowest BCUT2D eigenvalue weighted by Gasteiger charge is -2.29. The number of rotatable bonds is 3. The Kier molecular flexibility index (Phi) is 3.57. The largest absolute Gasteiger partial charge is 0.327 e. The van der Waals surface area contributed by atoms with Gasteiger partial charge in [0.25, 0.3) is 0 Å². The van der Waals surface area contributed by atoms with Crippen molar-refractivity contribution in [2.75, 3.05) is 13.1 Å². The van der Waals surface area contributed by atoms with E-state index in [2.05, 4.69) is 31.9 Å². The highest BCUT2D eigenvalue weighted by Gasteiger charge is 2.38. The van der Waals surface area contributed by atoms with Crippen LogP contribution in [0.25, 0.3) is 11.3 Å². The van der Waals surface area contributed by atoms with Gasteiger partial charge in [-0.05, 0) is 36.1 Å². The average Bonchev–Trinajstić information content (AvgIpc) is 3.17. The molecule has 21 heavy (non-hydrogen) atoms. The number of nitrogens with one attached hydrogen (secondary N) is 1. The van der Waals surface area contributed by atoms with E-state index in [1.165, 1.54) is 42.6 Å². The Hall–Kier alpha value is -1.17. The lowest BCUT2D eigenvalue weighted by Crippen LogP contribution is -2.38. The fourth-order valence-corrected chi connectivity index (χ4v) is 4.71. The number of nitrogens with two attached hydrogens (primary N) is 1. The minimum atomic E-state index is 0.412. The summed E-state index contributed by atoms with van der Waals surface area (Å²) in [6.45, 7) is 3.34. The molecule has 1 aliphatic carbocycles. The predicted molar refractivity (Wildman–Crippen MR) is 86.0 cm³/mol. The van der Waals surface area contributed by atoms with E-state index in [0.29, 0.717) is 12.0 Å². The van der Waals surface area contributed by atoms with Crippen LogP contribution >= 0.6 is 11.3 Å². The first-order valence-corrected chi connectivity index (χ1v) is 8.78. The molecule has 2 aromatic heterocycles. The van der Waals surface area contributed by atoms with E-state index in [1.54, 1.807) is 11.3 Å². The molecule has 2 fully saturated rings. The standard InChI is InChI=1S/C16H22N4S/c17-15-3-1-2-11-7-20(9-14(11)15)8-13-6-18-19-16(13)12-4-5-21-10-12/h4-6,10-11,14-15H,1-3,7-9,17H2,(H,18,19). The molecule has 2 aliphatic rings. The van der Waals surface area contributed by atoms with Gasteiger partial charge in [0.2, 0.25) is 0 Å². The first-order valence-electron chi connectivity index (χ1n) is 7.84. The van der Waals surface area contributed by atoms with Crippen LogP contribution in [0.3, 0.4) is 0 Å². The number of hydrogen-bond acceptors (Lipinski definition) is 4. The second-order valence-electron chi connectivity index (χ2n) is 6.50. The van der Waals surface area contributed by atoms with Crippen molar-refractivity contribution in [3.8, 4) is 11.3 Å². The molecule has 1 saturated carbocycles. The highest BCUT2D eigenvalue weighted by Crippen LogP contribution is 2.36. The second kappa shape index (κ2) is 5.55. The summed E-state index contributed by atoms with van der Waals surface area (Å²) in [7, 11) is 0. The Labute approximate surface area is 129 Å². The van der Waals surface area contributed by atoms with E-state index >= 15 is 0 Å². The van der Waals surface area contributed by atoms with Crippen LogP contribution in [0.1, 0.15) is 24.8 Å². The van der Waals surface area contributed by atoms with Crippen LogP contribution in [-0.4, -0.2) is 34.2 Å². The molecule has 0 bridgehead atoms. The van der Waals surface area contributed by atoms with Gasteiger partial charge in [0.1, 0.15) is 0 Å². The number of likely N-dealkylation sites (tertiary alicyclic amines) is 1. The maximum absolute atomic E-state index is 6.32. The van der Waals surface area contributed by atoms with Crippen molar-refractivity contribution in [2.45, 2.75) is 31.8 Å². The lowest BCUT2D eigenvalue weighted by molar-refractivity contribution is 0.259. The zero-order chi connectivity index (χ0) is 14.2. The maximum Gasteiger partial charge on any atom is 0.0703 e. The minimum absolute atomic E-state index is 0.412. The number of H-pyrrole nitrogens is 1. The van der Waals surface area contributed by atoms with Gasteiger partial charge in [-0.2, -0.15) is 16.4 Å². The van der Waals surface area contributed by atoms with Gasteiger partial charge in [-0.1, -0.05) is 6.42 Å². The Balaban J connectivity index is 1.49. The third-order valence-electron chi connectivity index (χ3n) is 5.15. The van der Waals surface area contributed by atoms with Crippen LogP contribution in [0.4, 0.5) is 0 Å². The van der Waals surface area contributed by atoms with Crippen LogP contribution in [0, 0.1) is 11.8 Å². The van der Waals surface area contributed by atoms with Crippen molar-refractivity contribution in [3.05, 3.63) is 28.6 Å². The molecular weight excluding hydrogens is 280 g/mol. The first-order chi connectivity index (χ1) is 10.3. The molecular formula is C16H22N4S. The summed E-state index contributed by atoms with van der Waals surface area (Å²) in [6, 6.07) is 2.57. The molecule has 1 saturated heterocycles. The van der Waals surface area contributed by atoms with E-state index in [4.69, 9.17) is 5.73 Å². The average molecular weight is 302 g/mol. The Bertz CT molecular complexity index is 591. The number of fused-ring (bicyclic) bond motifs is 1. The fraction of sp³-hybridized carbons (Fsp3) is 0.562. The van der Waals surface area contributed by atoms with E-state index in [-0.39, 0.29) is 0 Å². The van der Waals surface area contributed by atoms with Crippen LogP contribution in [0.15, 0.2) is 23.0 Å². The van der Waals surface area contributed by atoms with Crippen molar-refractivity contribution < 1.29 is 0 Å². The van der Waals surface area contributed by atoms with Crippen molar-refractivity contribution in [1.29, 1.82) is 0 Å². The van der Waals surface area contributed by atoms with Crippen LogP contribution in [-0.2, 0) is 6.54 Å². The van der Waals surface area contributed by atoms with Crippen LogP contribution in [0.5, 0.6) is 0 Å². The molecule has 0 amide bonds. The van der Waals surface area contributed by atoms with Gasteiger partial charge in [-0.3, -0.25) is 10.00 Å². The zero-order valence-electron chi connectivity index (χ0n) is 12.2. The summed E-state index contributed by atoms with van der Waals surface area (Å²) in [6.07, 6.45) is 5.86. The predicted octanol–water partition coefficient (Wildman–Crippen LogP) is 2.70. The van der Waals surface area contributed by atoms with Gasteiger partial charge in [0.05, 0.1) is 11.9 Å². The van der Waals surface area contributed by atoms with E-state index < -0.39 is 0 Å². The Morgan fingerprint density at radius 3 is 3.14 bits per heavy atom. The van der Waals surface area contributed by atoms with Crippen molar-refractivity contribution >= 4 is 11.3 Å². The third-order valence-corrected chi connectivity index (χ3v) is 5.83. The molecule has 112 valence electrons. The topological polar surface area (TPSA) is 57.9 Å². The number of hydrogen-bond donors (Lipinski definition) is 2. The Morgan fingerprint density at radius 2 is 2.33 bits per heavy atom. The Morgan fingerprint density at radius 1 is 1.38 bits per heavy atom. The van der Waals surface area contributed by atoms with Crippen molar-refractivity contribution in [3.63, 3.8) is 0 Å². The van der Waals surface area contributed by atoms with E-state index in [0.717, 1.165) is 19.0 Å². The SMILES string of the molecule is NC1CCCC2CN(Cc3cn[nH]c3-c3ccsc3)CC12. The van der Waals surface area contributed by atoms with E-state index in [1.807, 2.05) is 6.20 Å². The van der Waals surface area contributed by atoms with Gasteiger partial charge < -0.3 is 5.73 Å². The van der Waals surface area contributed by atoms with Crippen LogP contribution < -0.4 is 5.73 Å². The maximum atomic E-state index is 6.32. The summed E-state index contributed by atoms with van der Waals surface area (Å²) < 4.78 is 0. The van der Waals surface area contributed by atoms with Gasteiger partial charge in [0.15, 0.2) is 0 Å². The normalized spacial score (nSPS) is 29.7. The zero-order valence-corrected chi connectivity index (χ0v) is 13.0. The molecule has 3 unspecified atom stereocenters. The third kappa shape index (κ3) is 2.54. The van der Waals surface area contributed by atoms with Gasteiger partial charge in [-0.15, -0.1) is 0 Å². The fourth-order valence-electron chi connectivity index (χ4n) is 4.07. The van der Waals surface area contributed by atoms with Crippen molar-refractivity contribution in [2.24, 2.45) is 17.6 Å². The molecule has 3 N–H and O–H groups in total. The molecule has 0 spiro atoms. The van der Waals surface area contributed by atoms with Crippen molar-refractivity contribution in [1.82, 2.24) is 15.1 Å². The highest BCUT2D eigenvalue weighted by molar-refractivity contribution is 7.08. The van der Waals surface area contributed by atoms with E-state index in [9.17, 15) is 0 Å². The van der Waals surface area contributed by atoms with Crippen LogP contribution in [0.2, 0.25) is 0 Å². The molecule has 3 atom stereocenters. The first kappa shape index (κ1) is 13.5. The smallest absolute Gasteiger partial charge is 0.0703 e. The minimum Gasteiger partial charge on any atom is -0.327 e. The number of nitrogens with zero attached hydrogens (tertiary/aromatic N) is 2. The summed E-state index contributed by atoms with van der Waals surface area (Å²) in [5.41, 5.74) is 10.1. The number of aromatic amines is 1. The molecule has 0 radical (unpaired) electrons. The number of aromatic nitrogens is 2. The summed E-state index contributed by atoms with van der Waals surface area (Å²) in [5, 5.41) is 11.7.